The zero-order chi connectivity index (χ0) is 24.3. The molecule has 1 aromatic heterocycles. The van der Waals surface area contributed by atoms with E-state index >= 15 is 0 Å². The van der Waals surface area contributed by atoms with Crippen LogP contribution in [-0.4, -0.2) is 48.4 Å². The minimum absolute atomic E-state index is 0.0799. The van der Waals surface area contributed by atoms with E-state index in [1.54, 1.807) is 18.3 Å². The summed E-state index contributed by atoms with van der Waals surface area (Å²) < 4.78 is 16.5. The molecule has 0 saturated carbocycles. The molecule has 0 aliphatic rings. The van der Waals surface area contributed by atoms with Crippen LogP contribution in [0.15, 0.2) is 64.6 Å². The maximum atomic E-state index is 12.8. The van der Waals surface area contributed by atoms with Gasteiger partial charge in [0.2, 0.25) is 0 Å². The van der Waals surface area contributed by atoms with Gasteiger partial charge in [0.25, 0.3) is 5.91 Å². The van der Waals surface area contributed by atoms with Gasteiger partial charge in [0.1, 0.15) is 12.6 Å². The Morgan fingerprint density at radius 1 is 1.18 bits per heavy atom. The Balaban J connectivity index is 1.65. The molecule has 0 aliphatic heterocycles. The largest absolute Gasteiger partial charge is 0.493 e. The SMILES string of the molecule is COc1cc(Br)c(/C=N\NC(=O)[C@@H](Cc2cnc[nH]2)NC(=O)OCc2ccccc2)cc1OC. The van der Waals surface area contributed by atoms with E-state index in [4.69, 9.17) is 14.2 Å². The molecule has 3 N–H and O–H groups in total. The van der Waals surface area contributed by atoms with E-state index in [1.165, 1.54) is 26.8 Å². The number of methoxy groups -OCH3 is 2. The van der Waals surface area contributed by atoms with Crippen LogP contribution in [0.2, 0.25) is 0 Å². The number of aromatic amines is 1. The Morgan fingerprint density at radius 2 is 1.91 bits per heavy atom. The summed E-state index contributed by atoms with van der Waals surface area (Å²) in [5.74, 6) is 0.533. The van der Waals surface area contributed by atoms with E-state index < -0.39 is 18.0 Å². The summed E-state index contributed by atoms with van der Waals surface area (Å²) in [6, 6.07) is 11.7. The molecule has 2 aromatic carbocycles. The third-order valence-electron chi connectivity index (χ3n) is 4.68. The molecule has 0 radical (unpaired) electrons. The number of hydrazone groups is 1. The summed E-state index contributed by atoms with van der Waals surface area (Å²) in [7, 11) is 3.06. The number of benzene rings is 2. The van der Waals surface area contributed by atoms with Gasteiger partial charge < -0.3 is 24.5 Å². The number of hydrogen-bond acceptors (Lipinski definition) is 7. The van der Waals surface area contributed by atoms with Crippen molar-refractivity contribution >= 4 is 34.1 Å². The fraction of sp³-hybridized carbons (Fsp3) is 0.217. The summed E-state index contributed by atoms with van der Waals surface area (Å²) in [6.07, 6.45) is 3.95. The van der Waals surface area contributed by atoms with Gasteiger partial charge in [0.05, 0.1) is 26.8 Å². The summed E-state index contributed by atoms with van der Waals surface area (Å²) in [4.78, 5) is 32.0. The van der Waals surface area contributed by atoms with Gasteiger partial charge in [0.15, 0.2) is 11.5 Å². The van der Waals surface area contributed by atoms with Crippen LogP contribution in [0, 0.1) is 0 Å². The zero-order valence-electron chi connectivity index (χ0n) is 18.6. The fourth-order valence-electron chi connectivity index (χ4n) is 2.94. The molecular formula is C23H24BrN5O5. The number of hydrogen-bond donors (Lipinski definition) is 3. The maximum absolute atomic E-state index is 12.8. The molecule has 178 valence electrons. The number of imidazole rings is 1. The average molecular weight is 530 g/mol. The molecule has 10 nitrogen and oxygen atoms in total. The summed E-state index contributed by atoms with van der Waals surface area (Å²) >= 11 is 3.43. The molecule has 0 aliphatic carbocycles. The van der Waals surface area contributed by atoms with Gasteiger partial charge in [-0.1, -0.05) is 30.3 Å². The number of rotatable bonds is 10. The van der Waals surface area contributed by atoms with Crippen molar-refractivity contribution in [1.82, 2.24) is 20.7 Å². The van der Waals surface area contributed by atoms with E-state index in [0.29, 0.717) is 27.2 Å². The number of alkyl carbamates (subject to hydrolysis) is 1. The summed E-state index contributed by atoms with van der Waals surface area (Å²) in [5.41, 5.74) is 4.59. The number of carbonyl (C=O) groups is 2. The number of halogens is 1. The molecular weight excluding hydrogens is 506 g/mol. The minimum Gasteiger partial charge on any atom is -0.493 e. The van der Waals surface area contributed by atoms with Gasteiger partial charge in [0, 0.05) is 28.3 Å². The number of amides is 2. The topological polar surface area (TPSA) is 127 Å². The van der Waals surface area contributed by atoms with Crippen LogP contribution in [0.1, 0.15) is 16.8 Å². The maximum Gasteiger partial charge on any atom is 0.408 e. The number of H-pyrrole nitrogens is 1. The molecule has 11 heteroatoms. The Morgan fingerprint density at radius 3 is 2.59 bits per heavy atom. The van der Waals surface area contributed by atoms with Crippen LogP contribution in [-0.2, 0) is 22.6 Å². The number of nitrogens with zero attached hydrogens (tertiary/aromatic N) is 2. The van der Waals surface area contributed by atoms with Crippen LogP contribution >= 0.6 is 15.9 Å². The molecule has 0 unspecified atom stereocenters. The van der Waals surface area contributed by atoms with Gasteiger partial charge in [-0.25, -0.2) is 15.2 Å². The molecule has 0 fully saturated rings. The van der Waals surface area contributed by atoms with Crippen LogP contribution < -0.4 is 20.2 Å². The lowest BCUT2D eigenvalue weighted by Crippen LogP contribution is -2.47. The highest BCUT2D eigenvalue weighted by Gasteiger charge is 2.22. The van der Waals surface area contributed by atoms with E-state index in [2.05, 4.69) is 41.7 Å². The van der Waals surface area contributed by atoms with Crippen LogP contribution in [0.5, 0.6) is 11.5 Å². The molecule has 3 rings (SSSR count). The first-order chi connectivity index (χ1) is 16.5. The monoisotopic (exact) mass is 529 g/mol. The lowest BCUT2D eigenvalue weighted by molar-refractivity contribution is -0.123. The van der Waals surface area contributed by atoms with Crippen molar-refractivity contribution < 1.29 is 23.8 Å². The Bertz CT molecular complexity index is 1120. The number of aromatic nitrogens is 2. The molecule has 3 aromatic rings. The van der Waals surface area contributed by atoms with Crippen LogP contribution in [0.4, 0.5) is 4.79 Å². The highest BCUT2D eigenvalue weighted by Crippen LogP contribution is 2.32. The van der Waals surface area contributed by atoms with Gasteiger partial charge in [-0.2, -0.15) is 5.10 Å². The summed E-state index contributed by atoms with van der Waals surface area (Å²) in [6.45, 7) is 0.0799. The Hall–Kier alpha value is -3.86. The van der Waals surface area contributed by atoms with Gasteiger partial charge in [-0.15, -0.1) is 0 Å². The predicted octanol–water partition coefficient (Wildman–Crippen LogP) is 3.18. The first-order valence-corrected chi connectivity index (χ1v) is 11.0. The van der Waals surface area contributed by atoms with E-state index in [9.17, 15) is 9.59 Å². The van der Waals surface area contributed by atoms with E-state index in [-0.39, 0.29) is 13.0 Å². The molecule has 0 saturated heterocycles. The van der Waals surface area contributed by atoms with Gasteiger partial charge in [-0.05, 0) is 33.6 Å². The van der Waals surface area contributed by atoms with Crippen molar-refractivity contribution in [3.8, 4) is 11.5 Å². The second-order valence-electron chi connectivity index (χ2n) is 7.00. The number of nitrogens with one attached hydrogen (secondary N) is 3. The Labute approximate surface area is 204 Å². The quantitative estimate of drug-likeness (QED) is 0.273. The predicted molar refractivity (Wildman–Crippen MR) is 129 cm³/mol. The Kier molecular flexibility index (Phi) is 9.04. The van der Waals surface area contributed by atoms with Crippen molar-refractivity contribution in [2.24, 2.45) is 5.10 Å². The fourth-order valence-corrected chi connectivity index (χ4v) is 3.37. The number of carbonyl (C=O) groups excluding carboxylic acids is 2. The second-order valence-corrected chi connectivity index (χ2v) is 7.86. The van der Waals surface area contributed by atoms with Crippen molar-refractivity contribution in [3.63, 3.8) is 0 Å². The molecule has 34 heavy (non-hydrogen) atoms. The summed E-state index contributed by atoms with van der Waals surface area (Å²) in [5, 5.41) is 6.59. The third kappa shape index (κ3) is 7.07. The first kappa shape index (κ1) is 24.8. The normalized spacial score (nSPS) is 11.6. The average Bonchev–Trinajstić information content (AvgIpc) is 3.36. The van der Waals surface area contributed by atoms with Gasteiger partial charge in [-0.3, -0.25) is 4.79 Å². The standard InChI is InChI=1S/C23H24BrN5O5/c1-32-20-8-16(18(24)10-21(20)33-2)11-27-29-22(30)19(9-17-12-25-14-26-17)28-23(31)34-13-15-6-4-3-5-7-15/h3-8,10-12,14,19H,9,13H2,1-2H3,(H,25,26)(H,28,31)(H,29,30)/b27-11-/t19-/m1/s1. The third-order valence-corrected chi connectivity index (χ3v) is 5.37. The van der Waals surface area contributed by atoms with E-state index in [1.807, 2.05) is 30.3 Å². The highest BCUT2D eigenvalue weighted by molar-refractivity contribution is 9.10. The lowest BCUT2D eigenvalue weighted by atomic mass is 10.1. The van der Waals surface area contributed by atoms with Crippen LogP contribution in [0.25, 0.3) is 0 Å². The van der Waals surface area contributed by atoms with Crippen molar-refractivity contribution in [1.29, 1.82) is 0 Å². The first-order valence-electron chi connectivity index (χ1n) is 10.2. The van der Waals surface area contributed by atoms with Crippen molar-refractivity contribution in [3.05, 3.63) is 76.3 Å². The number of ether oxygens (including phenoxy) is 3. The molecule has 2 amide bonds. The molecule has 0 bridgehead atoms. The smallest absolute Gasteiger partial charge is 0.408 e. The van der Waals surface area contributed by atoms with Gasteiger partial charge >= 0.3 is 6.09 Å². The highest BCUT2D eigenvalue weighted by atomic mass is 79.9. The molecule has 1 heterocycles. The van der Waals surface area contributed by atoms with Crippen molar-refractivity contribution in [2.75, 3.05) is 14.2 Å². The van der Waals surface area contributed by atoms with E-state index in [0.717, 1.165) is 5.56 Å². The zero-order valence-corrected chi connectivity index (χ0v) is 20.2. The second kappa shape index (κ2) is 12.4. The molecule has 0 spiro atoms. The van der Waals surface area contributed by atoms with Crippen molar-refractivity contribution in [2.45, 2.75) is 19.1 Å². The molecule has 1 atom stereocenters. The van der Waals surface area contributed by atoms with Crippen LogP contribution in [0.3, 0.4) is 0 Å². The lowest BCUT2D eigenvalue weighted by Gasteiger charge is -2.16. The minimum atomic E-state index is -0.949.